The van der Waals surface area contributed by atoms with Crippen molar-refractivity contribution in [3.05, 3.63) is 64.3 Å². The lowest BCUT2D eigenvalue weighted by atomic mass is 9.89. The van der Waals surface area contributed by atoms with Crippen LogP contribution < -0.4 is 9.47 Å². The van der Waals surface area contributed by atoms with Crippen LogP contribution in [0.25, 0.3) is 6.08 Å². The molecule has 1 aliphatic carbocycles. The summed E-state index contributed by atoms with van der Waals surface area (Å²) in [5, 5.41) is -0.193. The summed E-state index contributed by atoms with van der Waals surface area (Å²) in [6, 6.07) is 11.6. The summed E-state index contributed by atoms with van der Waals surface area (Å²) in [7, 11) is 0. The van der Waals surface area contributed by atoms with Crippen LogP contribution in [-0.4, -0.2) is 29.2 Å². The number of imide groups is 1. The summed E-state index contributed by atoms with van der Waals surface area (Å²) >= 11 is 0.993. The first-order chi connectivity index (χ1) is 16.0. The molecule has 2 aliphatic rings. The van der Waals surface area contributed by atoms with Gasteiger partial charge in [0.2, 0.25) is 0 Å². The van der Waals surface area contributed by atoms with Crippen molar-refractivity contribution in [2.24, 2.45) is 5.92 Å². The van der Waals surface area contributed by atoms with Crippen LogP contribution in [0.1, 0.15) is 50.2 Å². The standard InChI is InChI=1S/C26H28FNO4S/c1-2-31-23-14-20(10-13-22(23)32-17-19-8-11-21(27)12-9-19)15-24-25(29)28(26(30)33-24)16-18-6-4-3-5-7-18/h8-15,18H,2-7,16-17H2,1H3/b24-15+. The molecule has 0 unspecified atom stereocenters. The molecule has 2 fully saturated rings. The van der Waals surface area contributed by atoms with Crippen molar-refractivity contribution >= 4 is 29.0 Å². The molecule has 0 spiro atoms. The number of carbonyl (C=O) groups is 2. The third kappa shape index (κ3) is 5.96. The van der Waals surface area contributed by atoms with Crippen molar-refractivity contribution in [3.63, 3.8) is 0 Å². The van der Waals surface area contributed by atoms with E-state index in [1.807, 2.05) is 13.0 Å². The summed E-state index contributed by atoms with van der Waals surface area (Å²) in [5.41, 5.74) is 1.60. The zero-order chi connectivity index (χ0) is 23.2. The molecular weight excluding hydrogens is 441 g/mol. The van der Waals surface area contributed by atoms with E-state index in [1.165, 1.54) is 36.3 Å². The SMILES string of the molecule is CCOc1cc(/C=C2/SC(=O)N(CC3CCCCC3)C2=O)ccc1OCc1ccc(F)cc1. The zero-order valence-electron chi connectivity index (χ0n) is 18.7. The molecule has 2 amide bonds. The number of halogens is 1. The maximum Gasteiger partial charge on any atom is 0.293 e. The Bertz CT molecular complexity index is 1030. The summed E-state index contributed by atoms with van der Waals surface area (Å²) in [6.45, 7) is 3.13. The second-order valence-corrected chi connectivity index (χ2v) is 9.34. The molecule has 2 aromatic rings. The first kappa shape index (κ1) is 23.4. The Labute approximate surface area is 197 Å². The number of carbonyl (C=O) groups excluding carboxylic acids is 2. The zero-order valence-corrected chi connectivity index (χ0v) is 19.5. The average molecular weight is 470 g/mol. The monoisotopic (exact) mass is 469 g/mol. The quantitative estimate of drug-likeness (QED) is 0.418. The normalized spacial score (nSPS) is 18.2. The van der Waals surface area contributed by atoms with Gasteiger partial charge in [0, 0.05) is 6.54 Å². The highest BCUT2D eigenvalue weighted by atomic mass is 32.2. The molecule has 7 heteroatoms. The van der Waals surface area contributed by atoms with E-state index in [4.69, 9.17) is 9.47 Å². The number of amides is 2. The van der Waals surface area contributed by atoms with E-state index in [9.17, 15) is 14.0 Å². The molecule has 33 heavy (non-hydrogen) atoms. The molecule has 174 valence electrons. The van der Waals surface area contributed by atoms with E-state index < -0.39 is 0 Å². The Kier molecular flexibility index (Phi) is 7.70. The molecule has 2 aromatic carbocycles. The second-order valence-electron chi connectivity index (χ2n) is 8.35. The third-order valence-corrected chi connectivity index (χ3v) is 6.82. The maximum atomic E-state index is 13.1. The van der Waals surface area contributed by atoms with Crippen molar-refractivity contribution in [1.29, 1.82) is 0 Å². The van der Waals surface area contributed by atoms with Crippen molar-refractivity contribution in [3.8, 4) is 11.5 Å². The van der Waals surface area contributed by atoms with Crippen LogP contribution >= 0.6 is 11.8 Å². The molecule has 0 N–H and O–H groups in total. The first-order valence-corrected chi connectivity index (χ1v) is 12.2. The van der Waals surface area contributed by atoms with Crippen molar-refractivity contribution in [2.45, 2.75) is 45.6 Å². The van der Waals surface area contributed by atoms with Crippen LogP contribution in [0.3, 0.4) is 0 Å². The minimum Gasteiger partial charge on any atom is -0.490 e. The number of nitrogens with zero attached hydrogens (tertiary/aromatic N) is 1. The van der Waals surface area contributed by atoms with Gasteiger partial charge < -0.3 is 9.47 Å². The maximum absolute atomic E-state index is 13.1. The summed E-state index contributed by atoms with van der Waals surface area (Å²) in [4.78, 5) is 27.2. The lowest BCUT2D eigenvalue weighted by Gasteiger charge is -2.25. The largest absolute Gasteiger partial charge is 0.490 e. The Morgan fingerprint density at radius 1 is 1.03 bits per heavy atom. The number of thioether (sulfide) groups is 1. The van der Waals surface area contributed by atoms with Gasteiger partial charge in [0.25, 0.3) is 11.1 Å². The van der Waals surface area contributed by atoms with Crippen molar-refractivity contribution < 1.29 is 23.5 Å². The van der Waals surface area contributed by atoms with Gasteiger partial charge in [0.1, 0.15) is 12.4 Å². The molecule has 1 aliphatic heterocycles. The predicted molar refractivity (Wildman–Crippen MR) is 128 cm³/mol. The van der Waals surface area contributed by atoms with E-state index in [1.54, 1.807) is 30.3 Å². The fourth-order valence-corrected chi connectivity index (χ4v) is 5.03. The fraction of sp³-hybridized carbons (Fsp3) is 0.385. The van der Waals surface area contributed by atoms with Crippen LogP contribution in [0.5, 0.6) is 11.5 Å². The number of rotatable bonds is 8. The van der Waals surface area contributed by atoms with Crippen LogP contribution in [0.15, 0.2) is 47.4 Å². The highest BCUT2D eigenvalue weighted by molar-refractivity contribution is 8.18. The number of benzene rings is 2. The van der Waals surface area contributed by atoms with Crippen molar-refractivity contribution in [2.75, 3.05) is 13.2 Å². The predicted octanol–water partition coefficient (Wildman–Crippen LogP) is 6.42. The smallest absolute Gasteiger partial charge is 0.293 e. The second kappa shape index (κ2) is 10.9. The Balaban J connectivity index is 1.46. The number of hydrogen-bond donors (Lipinski definition) is 0. The Morgan fingerprint density at radius 2 is 1.79 bits per heavy atom. The Hall–Kier alpha value is -2.80. The van der Waals surface area contributed by atoms with E-state index in [2.05, 4.69) is 0 Å². The molecule has 4 rings (SSSR count). The van der Waals surface area contributed by atoms with Gasteiger partial charge in [-0.15, -0.1) is 0 Å². The molecule has 0 aromatic heterocycles. The third-order valence-electron chi connectivity index (χ3n) is 5.91. The minimum atomic E-state index is -0.290. The molecule has 1 heterocycles. The summed E-state index contributed by atoms with van der Waals surface area (Å²) in [5.74, 6) is 1.01. The van der Waals surface area contributed by atoms with Gasteiger partial charge in [-0.1, -0.05) is 37.5 Å². The molecule has 0 atom stereocenters. The van der Waals surface area contributed by atoms with E-state index in [0.717, 1.165) is 35.7 Å². The van der Waals surface area contributed by atoms with Crippen LogP contribution in [0.4, 0.5) is 9.18 Å². The van der Waals surface area contributed by atoms with Gasteiger partial charge in [-0.3, -0.25) is 14.5 Å². The Morgan fingerprint density at radius 3 is 2.52 bits per heavy atom. The molecule has 5 nitrogen and oxygen atoms in total. The van der Waals surface area contributed by atoms with E-state index in [0.29, 0.717) is 35.5 Å². The lowest BCUT2D eigenvalue weighted by molar-refractivity contribution is -0.123. The van der Waals surface area contributed by atoms with Gasteiger partial charge in [-0.05, 0) is 78.9 Å². The van der Waals surface area contributed by atoms with E-state index in [-0.39, 0.29) is 23.6 Å². The molecule has 0 bridgehead atoms. The van der Waals surface area contributed by atoms with Crippen LogP contribution in [0, 0.1) is 11.7 Å². The molecule has 1 saturated carbocycles. The summed E-state index contributed by atoms with van der Waals surface area (Å²) < 4.78 is 24.7. The number of ether oxygens (including phenoxy) is 2. The van der Waals surface area contributed by atoms with Gasteiger partial charge in [0.05, 0.1) is 11.5 Å². The molecule has 1 saturated heterocycles. The topological polar surface area (TPSA) is 55.8 Å². The fourth-order valence-electron chi connectivity index (χ4n) is 4.18. The molecule has 0 radical (unpaired) electrons. The van der Waals surface area contributed by atoms with Crippen molar-refractivity contribution in [1.82, 2.24) is 4.90 Å². The molecular formula is C26H28FNO4S. The van der Waals surface area contributed by atoms with Crippen LogP contribution in [-0.2, 0) is 11.4 Å². The summed E-state index contributed by atoms with van der Waals surface area (Å²) in [6.07, 6.45) is 7.48. The van der Waals surface area contributed by atoms with E-state index >= 15 is 0 Å². The number of hydrogen-bond acceptors (Lipinski definition) is 5. The highest BCUT2D eigenvalue weighted by Gasteiger charge is 2.36. The minimum absolute atomic E-state index is 0.193. The highest BCUT2D eigenvalue weighted by Crippen LogP contribution is 2.36. The lowest BCUT2D eigenvalue weighted by Crippen LogP contribution is -2.34. The van der Waals surface area contributed by atoms with Gasteiger partial charge in [0.15, 0.2) is 11.5 Å². The first-order valence-electron chi connectivity index (χ1n) is 11.4. The van der Waals surface area contributed by atoms with Gasteiger partial charge in [-0.25, -0.2) is 4.39 Å². The average Bonchev–Trinajstić information content (AvgIpc) is 3.08. The van der Waals surface area contributed by atoms with Gasteiger partial charge >= 0.3 is 0 Å². The van der Waals surface area contributed by atoms with Gasteiger partial charge in [-0.2, -0.15) is 0 Å². The van der Waals surface area contributed by atoms with Crippen LogP contribution in [0.2, 0.25) is 0 Å².